The smallest absolute Gasteiger partial charge is 0.259 e. The number of nitrogens with one attached hydrogen (secondary N) is 2. The van der Waals surface area contributed by atoms with Crippen LogP contribution in [0, 0.1) is 6.92 Å². The number of imidazole rings is 1. The van der Waals surface area contributed by atoms with Gasteiger partial charge in [-0.15, -0.1) is 0 Å². The second kappa shape index (κ2) is 8.87. The second-order valence-corrected chi connectivity index (χ2v) is 9.03. The highest BCUT2D eigenvalue weighted by molar-refractivity contribution is 7.89. The first-order valence-corrected chi connectivity index (χ1v) is 11.2. The van der Waals surface area contributed by atoms with Crippen LogP contribution >= 0.6 is 0 Å². The third kappa shape index (κ3) is 5.20. The van der Waals surface area contributed by atoms with Crippen molar-refractivity contribution in [3.63, 3.8) is 0 Å². The molecule has 3 heterocycles. The number of rotatable bonds is 8. The molecule has 10 heteroatoms. The van der Waals surface area contributed by atoms with Gasteiger partial charge in [0.2, 0.25) is 5.95 Å². The number of nitrogens with zero attached hydrogens (tertiary/aromatic N) is 5. The van der Waals surface area contributed by atoms with Gasteiger partial charge in [-0.2, -0.15) is 4.98 Å². The SMILES string of the molecule is Cc1cc(N2CCCCC2)nc(NCCNS(=O)(=O)c2cn(C(C)C)cn2)n1. The van der Waals surface area contributed by atoms with Crippen molar-refractivity contribution in [2.45, 2.75) is 51.1 Å². The lowest BCUT2D eigenvalue weighted by molar-refractivity contribution is 0.573. The minimum Gasteiger partial charge on any atom is -0.356 e. The molecular formula is C18H29N7O2S. The Morgan fingerprint density at radius 3 is 2.57 bits per heavy atom. The molecule has 0 bridgehead atoms. The molecule has 0 aliphatic carbocycles. The van der Waals surface area contributed by atoms with Gasteiger partial charge < -0.3 is 14.8 Å². The van der Waals surface area contributed by atoms with Gasteiger partial charge in [0.25, 0.3) is 10.0 Å². The zero-order valence-corrected chi connectivity index (χ0v) is 17.5. The quantitative estimate of drug-likeness (QED) is 0.644. The van der Waals surface area contributed by atoms with E-state index in [1.807, 2.05) is 26.8 Å². The van der Waals surface area contributed by atoms with Crippen LogP contribution in [0.2, 0.25) is 0 Å². The first kappa shape index (κ1) is 20.5. The van der Waals surface area contributed by atoms with E-state index in [9.17, 15) is 8.42 Å². The fraction of sp³-hybridized carbons (Fsp3) is 0.611. The number of piperidine rings is 1. The van der Waals surface area contributed by atoms with E-state index in [0.29, 0.717) is 12.5 Å². The highest BCUT2D eigenvalue weighted by Gasteiger charge is 2.18. The molecule has 0 atom stereocenters. The Hall–Kier alpha value is -2.20. The summed E-state index contributed by atoms with van der Waals surface area (Å²) in [4.78, 5) is 15.2. The first-order valence-electron chi connectivity index (χ1n) is 9.73. The summed E-state index contributed by atoms with van der Waals surface area (Å²) in [6, 6.07) is 2.15. The summed E-state index contributed by atoms with van der Waals surface area (Å²) in [5.74, 6) is 1.44. The Labute approximate surface area is 166 Å². The number of aryl methyl sites for hydroxylation is 1. The summed E-state index contributed by atoms with van der Waals surface area (Å²) in [7, 11) is -3.63. The van der Waals surface area contributed by atoms with Crippen LogP contribution in [0.1, 0.15) is 44.8 Å². The lowest BCUT2D eigenvalue weighted by Crippen LogP contribution is -2.31. The molecular weight excluding hydrogens is 378 g/mol. The molecule has 0 radical (unpaired) electrons. The Bertz CT molecular complexity index is 889. The van der Waals surface area contributed by atoms with Crippen molar-refractivity contribution < 1.29 is 8.42 Å². The van der Waals surface area contributed by atoms with Crippen LogP contribution < -0.4 is 14.9 Å². The van der Waals surface area contributed by atoms with Crippen LogP contribution in [0.4, 0.5) is 11.8 Å². The van der Waals surface area contributed by atoms with E-state index in [0.717, 1.165) is 24.6 Å². The molecule has 1 saturated heterocycles. The van der Waals surface area contributed by atoms with Crippen LogP contribution in [0.25, 0.3) is 0 Å². The number of anilines is 2. The molecule has 2 N–H and O–H groups in total. The van der Waals surface area contributed by atoms with Crippen LogP contribution in [-0.4, -0.2) is 54.1 Å². The minimum atomic E-state index is -3.63. The van der Waals surface area contributed by atoms with E-state index in [2.05, 4.69) is 29.9 Å². The number of aromatic nitrogens is 4. The molecule has 2 aromatic rings. The van der Waals surface area contributed by atoms with E-state index < -0.39 is 10.0 Å². The van der Waals surface area contributed by atoms with E-state index in [1.165, 1.54) is 31.8 Å². The molecule has 9 nitrogen and oxygen atoms in total. The molecule has 0 amide bonds. The van der Waals surface area contributed by atoms with E-state index in [4.69, 9.17) is 0 Å². The molecule has 1 aliphatic heterocycles. The minimum absolute atomic E-state index is 0.0281. The highest BCUT2D eigenvalue weighted by Crippen LogP contribution is 2.19. The molecule has 3 rings (SSSR count). The van der Waals surface area contributed by atoms with Gasteiger partial charge >= 0.3 is 0 Å². The average Bonchev–Trinajstić information content (AvgIpc) is 3.17. The largest absolute Gasteiger partial charge is 0.356 e. The molecule has 154 valence electrons. The standard InChI is InChI=1S/C18H29N7O2S/c1-14(2)25-12-17(20-13-25)28(26,27)21-8-7-19-18-22-15(3)11-16(23-18)24-9-5-4-6-10-24/h11-14,21H,4-10H2,1-3H3,(H,19,22,23). The zero-order chi connectivity index (χ0) is 20.1. The summed E-state index contributed by atoms with van der Waals surface area (Å²) in [6.07, 6.45) is 6.69. The molecule has 0 unspecified atom stereocenters. The van der Waals surface area contributed by atoms with Crippen molar-refractivity contribution >= 4 is 21.8 Å². The van der Waals surface area contributed by atoms with Gasteiger partial charge in [-0.3, -0.25) is 0 Å². The Morgan fingerprint density at radius 2 is 1.89 bits per heavy atom. The fourth-order valence-corrected chi connectivity index (χ4v) is 4.05. The fourth-order valence-electron chi connectivity index (χ4n) is 3.09. The third-order valence-corrected chi connectivity index (χ3v) is 6.02. The monoisotopic (exact) mass is 407 g/mol. The topological polar surface area (TPSA) is 105 Å². The summed E-state index contributed by atoms with van der Waals surface area (Å²) in [5.41, 5.74) is 0.887. The number of hydrogen-bond donors (Lipinski definition) is 2. The van der Waals surface area contributed by atoms with Crippen molar-refractivity contribution in [2.24, 2.45) is 0 Å². The lowest BCUT2D eigenvalue weighted by Gasteiger charge is -2.28. The van der Waals surface area contributed by atoms with Gasteiger partial charge in [0.15, 0.2) is 5.03 Å². The van der Waals surface area contributed by atoms with Gasteiger partial charge in [-0.1, -0.05) is 0 Å². The molecule has 28 heavy (non-hydrogen) atoms. The van der Waals surface area contributed by atoms with Crippen LogP contribution in [0.15, 0.2) is 23.6 Å². The Morgan fingerprint density at radius 1 is 1.14 bits per heavy atom. The summed E-state index contributed by atoms with van der Waals surface area (Å²) >= 11 is 0. The molecule has 1 fully saturated rings. The Kier molecular flexibility index (Phi) is 6.50. The van der Waals surface area contributed by atoms with Gasteiger partial charge in [0, 0.05) is 50.2 Å². The van der Waals surface area contributed by atoms with Gasteiger partial charge in [0.1, 0.15) is 5.82 Å². The maximum absolute atomic E-state index is 12.3. The zero-order valence-electron chi connectivity index (χ0n) is 16.7. The molecule has 0 aromatic carbocycles. The summed E-state index contributed by atoms with van der Waals surface area (Å²) < 4.78 is 29.0. The van der Waals surface area contributed by atoms with Gasteiger partial charge in [-0.05, 0) is 40.0 Å². The van der Waals surface area contributed by atoms with Crippen molar-refractivity contribution in [3.8, 4) is 0 Å². The van der Waals surface area contributed by atoms with Gasteiger partial charge in [-0.25, -0.2) is 23.1 Å². The third-order valence-electron chi connectivity index (χ3n) is 4.67. The van der Waals surface area contributed by atoms with Gasteiger partial charge in [0.05, 0.1) is 6.33 Å². The molecule has 0 saturated carbocycles. The predicted octanol–water partition coefficient (Wildman–Crippen LogP) is 1.94. The van der Waals surface area contributed by atoms with Crippen molar-refractivity contribution in [2.75, 3.05) is 36.4 Å². The molecule has 2 aromatic heterocycles. The molecule has 0 spiro atoms. The van der Waals surface area contributed by atoms with Crippen molar-refractivity contribution in [1.82, 2.24) is 24.2 Å². The van der Waals surface area contributed by atoms with E-state index in [1.54, 1.807) is 4.57 Å². The van der Waals surface area contributed by atoms with E-state index >= 15 is 0 Å². The van der Waals surface area contributed by atoms with Crippen LogP contribution in [0.5, 0.6) is 0 Å². The number of hydrogen-bond acceptors (Lipinski definition) is 7. The predicted molar refractivity (Wildman–Crippen MR) is 109 cm³/mol. The summed E-state index contributed by atoms with van der Waals surface area (Å²) in [6.45, 7) is 8.50. The van der Waals surface area contributed by atoms with Crippen LogP contribution in [0.3, 0.4) is 0 Å². The maximum atomic E-state index is 12.3. The second-order valence-electron chi connectivity index (χ2n) is 7.32. The Balaban J connectivity index is 1.55. The lowest BCUT2D eigenvalue weighted by atomic mass is 10.1. The number of sulfonamides is 1. The normalized spacial score (nSPS) is 15.2. The summed E-state index contributed by atoms with van der Waals surface area (Å²) in [5, 5.41) is 3.14. The van der Waals surface area contributed by atoms with E-state index in [-0.39, 0.29) is 17.6 Å². The average molecular weight is 408 g/mol. The van der Waals surface area contributed by atoms with Crippen molar-refractivity contribution in [3.05, 3.63) is 24.3 Å². The maximum Gasteiger partial charge on any atom is 0.259 e. The highest BCUT2D eigenvalue weighted by atomic mass is 32.2. The molecule has 1 aliphatic rings. The van der Waals surface area contributed by atoms with Crippen molar-refractivity contribution in [1.29, 1.82) is 0 Å². The first-order chi connectivity index (χ1) is 13.3. The van der Waals surface area contributed by atoms with Crippen LogP contribution in [-0.2, 0) is 10.0 Å².